The molecule has 19 heavy (non-hydrogen) atoms. The first-order valence-corrected chi connectivity index (χ1v) is 7.48. The van der Waals surface area contributed by atoms with Crippen LogP contribution in [0.5, 0.6) is 0 Å². The van der Waals surface area contributed by atoms with Crippen molar-refractivity contribution in [1.82, 2.24) is 10.6 Å². The molecule has 2 amide bonds. The number of carbonyl (C=O) groups is 1. The molecule has 1 aliphatic rings. The number of aliphatic hydroxyl groups excluding tert-OH is 1. The second-order valence-corrected chi connectivity index (χ2v) is 7.00. The van der Waals surface area contributed by atoms with Gasteiger partial charge >= 0.3 is 6.03 Å². The summed E-state index contributed by atoms with van der Waals surface area (Å²) in [7, 11) is 0. The third-order valence-electron chi connectivity index (χ3n) is 3.94. The summed E-state index contributed by atoms with van der Waals surface area (Å²) < 4.78 is 0. The van der Waals surface area contributed by atoms with E-state index in [2.05, 4.69) is 31.4 Å². The van der Waals surface area contributed by atoms with Gasteiger partial charge in [-0.3, -0.25) is 0 Å². The number of aliphatic hydroxyl groups is 1. The monoisotopic (exact) mass is 270 g/mol. The summed E-state index contributed by atoms with van der Waals surface area (Å²) in [6.45, 7) is 9.47. The van der Waals surface area contributed by atoms with Crippen molar-refractivity contribution in [1.29, 1.82) is 0 Å². The first-order valence-electron chi connectivity index (χ1n) is 7.48. The zero-order valence-electron chi connectivity index (χ0n) is 12.9. The number of carbonyl (C=O) groups excluding carboxylic acids is 1. The summed E-state index contributed by atoms with van der Waals surface area (Å²) in [6.07, 6.45) is 5.24. The molecule has 0 aromatic heterocycles. The quantitative estimate of drug-likeness (QED) is 0.635. The van der Waals surface area contributed by atoms with Gasteiger partial charge < -0.3 is 15.7 Å². The van der Waals surface area contributed by atoms with Gasteiger partial charge in [0.25, 0.3) is 0 Å². The largest absolute Gasteiger partial charge is 0.393 e. The van der Waals surface area contributed by atoms with Crippen LogP contribution in [0.2, 0.25) is 0 Å². The highest BCUT2D eigenvalue weighted by molar-refractivity contribution is 5.73. The molecule has 0 aromatic carbocycles. The smallest absolute Gasteiger partial charge is 0.314 e. The average Bonchev–Trinajstić information content (AvgIpc) is 3.03. The predicted octanol–water partition coefficient (Wildman–Crippen LogP) is 2.66. The molecule has 0 aliphatic heterocycles. The highest BCUT2D eigenvalue weighted by Crippen LogP contribution is 2.48. The van der Waals surface area contributed by atoms with Gasteiger partial charge in [0, 0.05) is 13.1 Å². The van der Waals surface area contributed by atoms with Gasteiger partial charge in [-0.1, -0.05) is 27.2 Å². The zero-order valence-corrected chi connectivity index (χ0v) is 12.9. The Morgan fingerprint density at radius 1 is 1.37 bits per heavy atom. The molecule has 4 heteroatoms. The molecule has 4 nitrogen and oxygen atoms in total. The molecule has 1 rings (SSSR count). The van der Waals surface area contributed by atoms with Crippen molar-refractivity contribution in [2.45, 2.75) is 65.9 Å². The second-order valence-electron chi connectivity index (χ2n) is 7.00. The molecule has 0 aromatic rings. The number of rotatable bonds is 8. The van der Waals surface area contributed by atoms with Crippen molar-refractivity contribution in [2.75, 3.05) is 13.1 Å². The fourth-order valence-electron chi connectivity index (χ4n) is 2.74. The van der Waals surface area contributed by atoms with E-state index in [-0.39, 0.29) is 17.6 Å². The predicted molar refractivity (Wildman–Crippen MR) is 78.1 cm³/mol. The molecular weight excluding hydrogens is 240 g/mol. The van der Waals surface area contributed by atoms with Crippen LogP contribution in [0, 0.1) is 10.8 Å². The Bertz CT molecular complexity index is 297. The number of hydrogen-bond donors (Lipinski definition) is 3. The lowest BCUT2D eigenvalue weighted by molar-refractivity contribution is 0.128. The van der Waals surface area contributed by atoms with Crippen LogP contribution in [0.4, 0.5) is 4.79 Å². The minimum Gasteiger partial charge on any atom is -0.393 e. The van der Waals surface area contributed by atoms with E-state index < -0.39 is 0 Å². The van der Waals surface area contributed by atoms with Gasteiger partial charge in [0.1, 0.15) is 0 Å². The van der Waals surface area contributed by atoms with Gasteiger partial charge in [-0.15, -0.1) is 0 Å². The molecule has 0 radical (unpaired) electrons. The lowest BCUT2D eigenvalue weighted by atomic mass is 9.87. The summed E-state index contributed by atoms with van der Waals surface area (Å²) in [5.41, 5.74) is 0.313. The Morgan fingerprint density at radius 2 is 2.00 bits per heavy atom. The summed E-state index contributed by atoms with van der Waals surface area (Å²) in [5.74, 6) is 0. The maximum Gasteiger partial charge on any atom is 0.314 e. The van der Waals surface area contributed by atoms with Crippen molar-refractivity contribution in [3.05, 3.63) is 0 Å². The summed E-state index contributed by atoms with van der Waals surface area (Å²) in [6, 6.07) is -0.0824. The SMILES string of the molecule is CCCC1(CNC(=O)NCC(C)(C)CC(C)O)CC1. The van der Waals surface area contributed by atoms with Crippen LogP contribution in [-0.4, -0.2) is 30.3 Å². The van der Waals surface area contributed by atoms with Gasteiger partial charge in [-0.2, -0.15) is 0 Å². The Hall–Kier alpha value is -0.770. The van der Waals surface area contributed by atoms with Crippen LogP contribution in [0.1, 0.15) is 59.8 Å². The van der Waals surface area contributed by atoms with E-state index in [0.29, 0.717) is 18.4 Å². The van der Waals surface area contributed by atoms with Crippen molar-refractivity contribution in [2.24, 2.45) is 10.8 Å². The molecule has 1 fully saturated rings. The van der Waals surface area contributed by atoms with Gasteiger partial charge in [-0.05, 0) is 43.4 Å². The van der Waals surface area contributed by atoms with Crippen LogP contribution in [0.25, 0.3) is 0 Å². The molecule has 0 spiro atoms. The second kappa shape index (κ2) is 6.60. The van der Waals surface area contributed by atoms with Gasteiger partial charge in [0.2, 0.25) is 0 Å². The number of nitrogens with one attached hydrogen (secondary N) is 2. The maximum atomic E-state index is 11.8. The van der Waals surface area contributed by atoms with E-state index in [1.807, 2.05) is 0 Å². The van der Waals surface area contributed by atoms with E-state index in [0.717, 1.165) is 6.54 Å². The lowest BCUT2D eigenvalue weighted by Crippen LogP contribution is -2.43. The van der Waals surface area contributed by atoms with Crippen LogP contribution < -0.4 is 10.6 Å². The normalized spacial score (nSPS) is 18.8. The highest BCUT2D eigenvalue weighted by atomic mass is 16.3. The molecule has 112 valence electrons. The fourth-order valence-corrected chi connectivity index (χ4v) is 2.74. The highest BCUT2D eigenvalue weighted by Gasteiger charge is 2.41. The van der Waals surface area contributed by atoms with Crippen molar-refractivity contribution >= 4 is 6.03 Å². The summed E-state index contributed by atoms with van der Waals surface area (Å²) >= 11 is 0. The fraction of sp³-hybridized carbons (Fsp3) is 0.933. The topological polar surface area (TPSA) is 61.4 Å². The van der Waals surface area contributed by atoms with Crippen LogP contribution in [0.3, 0.4) is 0 Å². The molecular formula is C15H30N2O2. The van der Waals surface area contributed by atoms with E-state index in [4.69, 9.17) is 0 Å². The summed E-state index contributed by atoms with van der Waals surface area (Å²) in [4.78, 5) is 11.8. The molecule has 0 saturated heterocycles. The first kappa shape index (κ1) is 16.3. The molecule has 3 N–H and O–H groups in total. The lowest BCUT2D eigenvalue weighted by Gasteiger charge is -2.26. The van der Waals surface area contributed by atoms with Gasteiger partial charge in [-0.25, -0.2) is 4.79 Å². The Morgan fingerprint density at radius 3 is 2.47 bits per heavy atom. The Labute approximate surface area is 117 Å². The van der Waals surface area contributed by atoms with Crippen LogP contribution in [0.15, 0.2) is 0 Å². The molecule has 0 bridgehead atoms. The van der Waals surface area contributed by atoms with Crippen LogP contribution >= 0.6 is 0 Å². The zero-order chi connectivity index (χ0) is 14.5. The minimum atomic E-state index is -0.334. The minimum absolute atomic E-state index is 0.0772. The summed E-state index contributed by atoms with van der Waals surface area (Å²) in [5, 5.41) is 15.3. The average molecular weight is 270 g/mol. The van der Waals surface area contributed by atoms with E-state index in [9.17, 15) is 9.90 Å². The van der Waals surface area contributed by atoms with Crippen molar-refractivity contribution in [3.63, 3.8) is 0 Å². The maximum absolute atomic E-state index is 11.8. The first-order chi connectivity index (χ1) is 8.79. The van der Waals surface area contributed by atoms with Crippen molar-refractivity contribution < 1.29 is 9.90 Å². The Kier molecular flexibility index (Phi) is 5.65. The van der Waals surface area contributed by atoms with Gasteiger partial charge in [0.15, 0.2) is 0 Å². The molecule has 1 aliphatic carbocycles. The van der Waals surface area contributed by atoms with Gasteiger partial charge in [0.05, 0.1) is 6.10 Å². The van der Waals surface area contributed by atoms with Crippen molar-refractivity contribution in [3.8, 4) is 0 Å². The van der Waals surface area contributed by atoms with E-state index in [1.54, 1.807) is 6.92 Å². The molecule has 1 saturated carbocycles. The Balaban J connectivity index is 2.21. The third kappa shape index (κ3) is 6.28. The number of hydrogen-bond acceptors (Lipinski definition) is 2. The van der Waals surface area contributed by atoms with Crippen LogP contribution in [-0.2, 0) is 0 Å². The number of amides is 2. The third-order valence-corrected chi connectivity index (χ3v) is 3.94. The molecule has 1 atom stereocenters. The molecule has 1 unspecified atom stereocenters. The van der Waals surface area contributed by atoms with E-state index >= 15 is 0 Å². The number of urea groups is 1. The molecule has 0 heterocycles. The standard InChI is InChI=1S/C15H30N2O2/c1-5-6-15(7-8-15)11-17-13(19)16-10-14(3,4)9-12(2)18/h12,18H,5-11H2,1-4H3,(H2,16,17,19). The van der Waals surface area contributed by atoms with E-state index in [1.165, 1.54) is 25.7 Å².